The van der Waals surface area contributed by atoms with Crippen LogP contribution < -0.4 is 9.64 Å². The third-order valence-corrected chi connectivity index (χ3v) is 16.8. The highest BCUT2D eigenvalue weighted by molar-refractivity contribution is 5.92. The molecule has 6 aromatic rings. The summed E-state index contributed by atoms with van der Waals surface area (Å²) in [5.41, 5.74) is 17.5. The number of benzene rings is 6. The molecule has 13 rings (SSSR count). The van der Waals surface area contributed by atoms with Crippen LogP contribution in [0.15, 0.2) is 127 Å². The van der Waals surface area contributed by atoms with E-state index >= 15 is 0 Å². The molecular weight excluding hydrogens is 715 g/mol. The van der Waals surface area contributed by atoms with E-state index in [4.69, 9.17) is 4.74 Å². The molecule has 4 bridgehead atoms. The van der Waals surface area contributed by atoms with Crippen LogP contribution in [0.3, 0.4) is 0 Å². The van der Waals surface area contributed by atoms with Crippen molar-refractivity contribution in [2.24, 2.45) is 23.7 Å². The average molecular weight is 772 g/mol. The van der Waals surface area contributed by atoms with Crippen molar-refractivity contribution in [1.29, 1.82) is 0 Å². The monoisotopic (exact) mass is 771 g/mol. The summed E-state index contributed by atoms with van der Waals surface area (Å²) in [7, 11) is 0. The number of hydrogen-bond donors (Lipinski definition) is 0. The standard InChI is InChI=1S/C57H57NO/c1-54(2)24-25-55(3,4)49-32-41(21-23-46(49)54)58(40-20-22-43-42-16-10-11-17-45(42)56(5,6)48(43)31-40)51-34-53-50(33-44(51)37-14-8-7-9-15-37)57(47-18-12-13-19-52(47)59-53)38-27-35-26-36(29-38)30-39(57)28-35/h7-23,31-36,38-39H,24-30H2,1-6H3. The summed E-state index contributed by atoms with van der Waals surface area (Å²) in [6.45, 7) is 14.6. The number of rotatable bonds is 4. The lowest BCUT2D eigenvalue weighted by Gasteiger charge is -2.63. The van der Waals surface area contributed by atoms with Gasteiger partial charge in [-0.15, -0.1) is 0 Å². The Morgan fingerprint density at radius 3 is 1.78 bits per heavy atom. The van der Waals surface area contributed by atoms with E-state index in [2.05, 4.69) is 174 Å². The maximum Gasteiger partial charge on any atom is 0.133 e. The first-order valence-corrected chi connectivity index (χ1v) is 22.6. The summed E-state index contributed by atoms with van der Waals surface area (Å²) >= 11 is 0. The molecule has 296 valence electrons. The third-order valence-electron chi connectivity index (χ3n) is 16.8. The van der Waals surface area contributed by atoms with Crippen LogP contribution in [0.4, 0.5) is 17.1 Å². The highest BCUT2D eigenvalue weighted by Gasteiger charge is 2.61. The minimum atomic E-state index is -0.119. The Bertz CT molecular complexity index is 2670. The molecule has 0 unspecified atom stereocenters. The predicted molar refractivity (Wildman–Crippen MR) is 244 cm³/mol. The third kappa shape index (κ3) is 4.98. The average Bonchev–Trinajstić information content (AvgIpc) is 3.46. The van der Waals surface area contributed by atoms with Crippen molar-refractivity contribution in [2.45, 2.75) is 108 Å². The van der Waals surface area contributed by atoms with Crippen LogP contribution >= 0.6 is 0 Å². The molecule has 2 heteroatoms. The van der Waals surface area contributed by atoms with Crippen LogP contribution in [0.1, 0.15) is 120 Å². The Morgan fingerprint density at radius 2 is 1.05 bits per heavy atom. The van der Waals surface area contributed by atoms with Gasteiger partial charge in [-0.1, -0.05) is 126 Å². The second-order valence-electron chi connectivity index (χ2n) is 21.2. The second-order valence-corrected chi connectivity index (χ2v) is 21.2. The fourth-order valence-electron chi connectivity index (χ4n) is 14.0. The zero-order chi connectivity index (χ0) is 40.1. The maximum absolute atomic E-state index is 7.24. The summed E-state index contributed by atoms with van der Waals surface area (Å²) < 4.78 is 7.24. The molecule has 1 heterocycles. The van der Waals surface area contributed by atoms with Crippen LogP contribution in [-0.2, 0) is 21.7 Å². The van der Waals surface area contributed by atoms with Crippen LogP contribution in [0, 0.1) is 23.7 Å². The van der Waals surface area contributed by atoms with Gasteiger partial charge in [0.05, 0.1) is 5.69 Å². The highest BCUT2D eigenvalue weighted by Crippen LogP contribution is 2.69. The molecule has 0 N–H and O–H groups in total. The van der Waals surface area contributed by atoms with Gasteiger partial charge in [-0.05, 0) is 155 Å². The van der Waals surface area contributed by atoms with Crippen molar-refractivity contribution in [3.8, 4) is 33.8 Å². The van der Waals surface area contributed by atoms with Crippen molar-refractivity contribution in [3.05, 3.63) is 161 Å². The fourth-order valence-corrected chi connectivity index (χ4v) is 14.0. The van der Waals surface area contributed by atoms with Crippen molar-refractivity contribution in [2.75, 3.05) is 4.90 Å². The molecule has 4 fully saturated rings. The maximum atomic E-state index is 7.24. The van der Waals surface area contributed by atoms with E-state index in [9.17, 15) is 0 Å². The van der Waals surface area contributed by atoms with Crippen LogP contribution in [0.2, 0.25) is 0 Å². The van der Waals surface area contributed by atoms with E-state index in [0.717, 1.165) is 23.3 Å². The van der Waals surface area contributed by atoms with Crippen LogP contribution in [0.5, 0.6) is 11.5 Å². The Morgan fingerprint density at radius 1 is 0.458 bits per heavy atom. The summed E-state index contributed by atoms with van der Waals surface area (Å²) in [5.74, 6) is 5.13. The van der Waals surface area contributed by atoms with Crippen molar-refractivity contribution in [1.82, 2.24) is 0 Å². The van der Waals surface area contributed by atoms with E-state index in [1.807, 2.05) is 0 Å². The normalized spacial score (nSPS) is 26.6. The van der Waals surface area contributed by atoms with E-state index in [0.29, 0.717) is 11.8 Å². The molecule has 7 aliphatic rings. The molecule has 2 nitrogen and oxygen atoms in total. The zero-order valence-electron chi connectivity index (χ0n) is 35.7. The molecule has 1 aliphatic heterocycles. The molecule has 0 amide bonds. The van der Waals surface area contributed by atoms with Crippen molar-refractivity contribution < 1.29 is 4.74 Å². The molecule has 59 heavy (non-hydrogen) atoms. The van der Waals surface area contributed by atoms with Crippen molar-refractivity contribution >= 4 is 17.1 Å². The lowest BCUT2D eigenvalue weighted by atomic mass is 9.41. The quantitative estimate of drug-likeness (QED) is 0.177. The van der Waals surface area contributed by atoms with Crippen molar-refractivity contribution in [3.63, 3.8) is 0 Å². The Balaban J connectivity index is 1.14. The largest absolute Gasteiger partial charge is 0.457 e. The van der Waals surface area contributed by atoms with Gasteiger partial charge in [0, 0.05) is 45.0 Å². The van der Waals surface area contributed by atoms with E-state index < -0.39 is 0 Å². The van der Waals surface area contributed by atoms with Gasteiger partial charge in [-0.25, -0.2) is 0 Å². The number of anilines is 3. The Labute approximate surface area is 351 Å². The van der Waals surface area contributed by atoms with E-state index in [-0.39, 0.29) is 21.7 Å². The van der Waals surface area contributed by atoms with E-state index in [1.54, 1.807) is 0 Å². The number of fused-ring (bicyclic) bond motifs is 6. The highest BCUT2D eigenvalue weighted by atomic mass is 16.5. The number of hydrogen-bond acceptors (Lipinski definition) is 2. The number of para-hydroxylation sites is 1. The summed E-state index contributed by atoms with van der Waals surface area (Å²) in [4.78, 5) is 2.59. The molecule has 1 spiro atoms. The summed E-state index contributed by atoms with van der Waals surface area (Å²) in [5, 5.41) is 0. The van der Waals surface area contributed by atoms with Gasteiger partial charge in [0.2, 0.25) is 0 Å². The Hall–Kier alpha value is -5.08. The zero-order valence-corrected chi connectivity index (χ0v) is 35.7. The van der Waals surface area contributed by atoms with Gasteiger partial charge in [0.15, 0.2) is 0 Å². The van der Waals surface area contributed by atoms with Crippen LogP contribution in [0.25, 0.3) is 22.3 Å². The SMILES string of the molecule is CC1(C)CCC(C)(C)c2cc(N(c3ccc4c(c3)C(C)(C)c3ccccc3-4)c3cc4c(cc3-c3ccccc3)C3(c5ccccc5O4)C4CC5CC(C4)CC3C5)ccc21. The molecule has 0 radical (unpaired) electrons. The van der Waals surface area contributed by atoms with Gasteiger partial charge in [-0.3, -0.25) is 0 Å². The smallest absolute Gasteiger partial charge is 0.133 e. The molecule has 0 atom stereocenters. The first-order valence-electron chi connectivity index (χ1n) is 22.6. The van der Waals surface area contributed by atoms with Gasteiger partial charge < -0.3 is 9.64 Å². The Kier molecular flexibility index (Phi) is 7.44. The minimum absolute atomic E-state index is 0.0325. The molecule has 0 saturated heterocycles. The lowest BCUT2D eigenvalue weighted by Crippen LogP contribution is -2.57. The predicted octanol–water partition coefficient (Wildman–Crippen LogP) is 15.3. The second kappa shape index (κ2) is 12.2. The topological polar surface area (TPSA) is 12.5 Å². The number of nitrogens with zero attached hydrogens (tertiary/aromatic N) is 1. The lowest BCUT2D eigenvalue weighted by molar-refractivity contribution is -0.0452. The minimum Gasteiger partial charge on any atom is -0.457 e. The number of ether oxygens (including phenoxy) is 1. The molecule has 6 aliphatic carbocycles. The molecular formula is C57H57NO. The van der Waals surface area contributed by atoms with Crippen LogP contribution in [-0.4, -0.2) is 0 Å². The summed E-state index contributed by atoms with van der Waals surface area (Å²) in [6.07, 6.45) is 9.16. The molecule has 0 aromatic heterocycles. The summed E-state index contributed by atoms with van der Waals surface area (Å²) in [6, 6.07) is 49.2. The van der Waals surface area contributed by atoms with Gasteiger partial charge in [0.1, 0.15) is 11.5 Å². The van der Waals surface area contributed by atoms with Gasteiger partial charge in [0.25, 0.3) is 0 Å². The fraction of sp³-hybridized carbons (Fsp3) is 0.368. The van der Waals surface area contributed by atoms with Gasteiger partial charge >= 0.3 is 0 Å². The molecule has 4 saturated carbocycles. The van der Waals surface area contributed by atoms with Gasteiger partial charge in [-0.2, -0.15) is 0 Å². The first kappa shape index (κ1) is 35.8. The van der Waals surface area contributed by atoms with E-state index in [1.165, 1.54) is 118 Å². The first-order chi connectivity index (χ1) is 28.4. The molecule has 6 aromatic carbocycles.